The molecular weight excluding hydrogens is 398 g/mol. The SMILES string of the molecule is CC(C)NC(=O)[C@@]1(Cc2ccccc2-c2ccccc2)CCN(C(=O)c2ccccn2)C1. The minimum absolute atomic E-state index is 0.00619. The number of hydrogen-bond acceptors (Lipinski definition) is 3. The van der Waals surface area contributed by atoms with E-state index in [1.807, 2.05) is 50.2 Å². The van der Waals surface area contributed by atoms with E-state index >= 15 is 0 Å². The Bertz CT molecular complexity index is 1080. The summed E-state index contributed by atoms with van der Waals surface area (Å²) in [6.45, 7) is 4.85. The zero-order chi connectivity index (χ0) is 22.6. The van der Waals surface area contributed by atoms with Gasteiger partial charge in [0, 0.05) is 25.3 Å². The number of carbonyl (C=O) groups excluding carboxylic acids is 2. The fourth-order valence-corrected chi connectivity index (χ4v) is 4.46. The molecule has 0 bridgehead atoms. The summed E-state index contributed by atoms with van der Waals surface area (Å²) in [4.78, 5) is 32.5. The lowest BCUT2D eigenvalue weighted by atomic mass is 9.78. The number of carbonyl (C=O) groups is 2. The van der Waals surface area contributed by atoms with E-state index in [4.69, 9.17) is 0 Å². The summed E-state index contributed by atoms with van der Waals surface area (Å²) >= 11 is 0. The van der Waals surface area contributed by atoms with Gasteiger partial charge in [-0.3, -0.25) is 14.6 Å². The number of benzene rings is 2. The Morgan fingerprint density at radius 3 is 2.44 bits per heavy atom. The number of amides is 2. The molecule has 1 saturated heterocycles. The van der Waals surface area contributed by atoms with Crippen LogP contribution in [0.15, 0.2) is 79.0 Å². The molecule has 4 rings (SSSR count). The van der Waals surface area contributed by atoms with Gasteiger partial charge in [-0.1, -0.05) is 60.7 Å². The highest BCUT2D eigenvalue weighted by Crippen LogP contribution is 2.38. The van der Waals surface area contributed by atoms with Gasteiger partial charge in [0.1, 0.15) is 5.69 Å². The van der Waals surface area contributed by atoms with Crippen LogP contribution in [0.5, 0.6) is 0 Å². The molecule has 0 radical (unpaired) electrons. The van der Waals surface area contributed by atoms with E-state index in [1.54, 1.807) is 23.2 Å². The summed E-state index contributed by atoms with van der Waals surface area (Å²) in [5.74, 6) is -0.118. The highest BCUT2D eigenvalue weighted by atomic mass is 16.2. The van der Waals surface area contributed by atoms with Crippen LogP contribution in [-0.4, -0.2) is 40.8 Å². The molecule has 0 saturated carbocycles. The van der Waals surface area contributed by atoms with Crippen molar-refractivity contribution in [1.82, 2.24) is 15.2 Å². The molecule has 2 aromatic carbocycles. The van der Waals surface area contributed by atoms with Crippen molar-refractivity contribution in [3.63, 3.8) is 0 Å². The van der Waals surface area contributed by atoms with Gasteiger partial charge < -0.3 is 10.2 Å². The molecule has 1 aromatic heterocycles. The minimum Gasteiger partial charge on any atom is -0.353 e. The maximum atomic E-state index is 13.5. The largest absolute Gasteiger partial charge is 0.353 e. The lowest BCUT2D eigenvalue weighted by molar-refractivity contribution is -0.130. The number of rotatable bonds is 6. The first-order valence-corrected chi connectivity index (χ1v) is 11.1. The Kier molecular flexibility index (Phi) is 6.35. The molecule has 3 aromatic rings. The molecular formula is C27H29N3O2. The molecule has 1 aliphatic heterocycles. The topological polar surface area (TPSA) is 62.3 Å². The van der Waals surface area contributed by atoms with E-state index in [9.17, 15) is 9.59 Å². The number of likely N-dealkylation sites (tertiary alicyclic amines) is 1. The fourth-order valence-electron chi connectivity index (χ4n) is 4.46. The summed E-state index contributed by atoms with van der Waals surface area (Å²) in [6, 6.07) is 23.8. The molecule has 1 atom stereocenters. The van der Waals surface area contributed by atoms with Crippen LogP contribution < -0.4 is 5.32 Å². The van der Waals surface area contributed by atoms with E-state index in [0.717, 1.165) is 16.7 Å². The number of aromatic nitrogens is 1. The fraction of sp³-hybridized carbons (Fsp3) is 0.296. The Morgan fingerprint density at radius 1 is 1.00 bits per heavy atom. The molecule has 2 heterocycles. The minimum atomic E-state index is -0.681. The average Bonchev–Trinajstić information content (AvgIpc) is 3.25. The van der Waals surface area contributed by atoms with E-state index in [0.29, 0.717) is 31.6 Å². The van der Waals surface area contributed by atoms with Crippen LogP contribution in [0.25, 0.3) is 11.1 Å². The number of nitrogens with one attached hydrogen (secondary N) is 1. The predicted molar refractivity (Wildman–Crippen MR) is 126 cm³/mol. The molecule has 0 spiro atoms. The van der Waals surface area contributed by atoms with Crippen LogP contribution in [0.2, 0.25) is 0 Å². The molecule has 1 N–H and O–H groups in total. The van der Waals surface area contributed by atoms with Gasteiger partial charge in [-0.15, -0.1) is 0 Å². The number of hydrogen-bond donors (Lipinski definition) is 1. The van der Waals surface area contributed by atoms with Gasteiger partial charge in [0.05, 0.1) is 5.41 Å². The van der Waals surface area contributed by atoms with Gasteiger partial charge in [0.2, 0.25) is 5.91 Å². The lowest BCUT2D eigenvalue weighted by Gasteiger charge is -2.30. The normalized spacial score (nSPS) is 18.0. The van der Waals surface area contributed by atoms with Crippen LogP contribution in [0.1, 0.15) is 36.3 Å². The Hall–Kier alpha value is -3.47. The first-order valence-electron chi connectivity index (χ1n) is 11.1. The first-order chi connectivity index (χ1) is 15.5. The molecule has 1 fully saturated rings. The van der Waals surface area contributed by atoms with Gasteiger partial charge in [0.25, 0.3) is 5.91 Å². The van der Waals surface area contributed by atoms with Crippen molar-refractivity contribution in [2.45, 2.75) is 32.7 Å². The highest BCUT2D eigenvalue weighted by molar-refractivity contribution is 5.94. The van der Waals surface area contributed by atoms with Crippen molar-refractivity contribution in [1.29, 1.82) is 0 Å². The van der Waals surface area contributed by atoms with Crippen molar-refractivity contribution >= 4 is 11.8 Å². The predicted octanol–water partition coefficient (Wildman–Crippen LogP) is 4.35. The Balaban J connectivity index is 1.66. The zero-order valence-corrected chi connectivity index (χ0v) is 18.6. The van der Waals surface area contributed by atoms with Gasteiger partial charge in [-0.25, -0.2) is 0 Å². The van der Waals surface area contributed by atoms with Crippen LogP contribution in [0.3, 0.4) is 0 Å². The van der Waals surface area contributed by atoms with Gasteiger partial charge in [0.15, 0.2) is 0 Å². The second-order valence-electron chi connectivity index (χ2n) is 8.80. The lowest BCUT2D eigenvalue weighted by Crippen LogP contribution is -2.47. The van der Waals surface area contributed by atoms with Crippen LogP contribution in [-0.2, 0) is 11.2 Å². The molecule has 0 aliphatic carbocycles. The molecule has 2 amide bonds. The quantitative estimate of drug-likeness (QED) is 0.636. The third kappa shape index (κ3) is 4.57. The summed E-state index contributed by atoms with van der Waals surface area (Å²) in [6.07, 6.45) is 2.81. The van der Waals surface area contributed by atoms with Crippen molar-refractivity contribution in [3.8, 4) is 11.1 Å². The molecule has 1 aliphatic rings. The first kappa shape index (κ1) is 21.8. The molecule has 164 valence electrons. The summed E-state index contributed by atoms with van der Waals surface area (Å²) in [5.41, 5.74) is 3.10. The maximum absolute atomic E-state index is 13.5. The van der Waals surface area contributed by atoms with E-state index in [2.05, 4.69) is 34.6 Å². The van der Waals surface area contributed by atoms with Gasteiger partial charge >= 0.3 is 0 Å². The Morgan fingerprint density at radius 2 is 1.72 bits per heavy atom. The second kappa shape index (κ2) is 9.35. The average molecular weight is 428 g/mol. The summed E-state index contributed by atoms with van der Waals surface area (Å²) in [5, 5.41) is 3.11. The number of nitrogens with zero attached hydrogens (tertiary/aromatic N) is 2. The maximum Gasteiger partial charge on any atom is 0.272 e. The van der Waals surface area contributed by atoms with E-state index in [-0.39, 0.29) is 17.9 Å². The van der Waals surface area contributed by atoms with Crippen molar-refractivity contribution in [3.05, 3.63) is 90.3 Å². The summed E-state index contributed by atoms with van der Waals surface area (Å²) in [7, 11) is 0. The van der Waals surface area contributed by atoms with Crippen molar-refractivity contribution in [2.24, 2.45) is 5.41 Å². The molecule has 5 heteroatoms. The van der Waals surface area contributed by atoms with Crippen LogP contribution in [0, 0.1) is 5.41 Å². The molecule has 32 heavy (non-hydrogen) atoms. The standard InChI is InChI=1S/C27H29N3O2/c1-20(2)29-26(32)27(15-17-30(19-27)25(31)24-14-8-9-16-28-24)18-22-12-6-7-13-23(22)21-10-4-3-5-11-21/h3-14,16,20H,15,17-19H2,1-2H3,(H,29,32)/t27-/m1/s1. The molecule has 5 nitrogen and oxygen atoms in total. The Labute approximate surface area is 189 Å². The summed E-state index contributed by atoms with van der Waals surface area (Å²) < 4.78 is 0. The smallest absolute Gasteiger partial charge is 0.272 e. The zero-order valence-electron chi connectivity index (χ0n) is 18.6. The van der Waals surface area contributed by atoms with Gasteiger partial charge in [-0.2, -0.15) is 0 Å². The monoisotopic (exact) mass is 427 g/mol. The van der Waals surface area contributed by atoms with Crippen molar-refractivity contribution < 1.29 is 9.59 Å². The number of pyridine rings is 1. The highest BCUT2D eigenvalue weighted by Gasteiger charge is 2.46. The van der Waals surface area contributed by atoms with E-state index < -0.39 is 5.41 Å². The third-order valence-corrected chi connectivity index (χ3v) is 6.06. The molecule has 0 unspecified atom stereocenters. The second-order valence-corrected chi connectivity index (χ2v) is 8.80. The van der Waals surface area contributed by atoms with Crippen molar-refractivity contribution in [2.75, 3.05) is 13.1 Å². The van der Waals surface area contributed by atoms with E-state index in [1.165, 1.54) is 0 Å². The van der Waals surface area contributed by atoms with Crippen LogP contribution in [0.4, 0.5) is 0 Å². The van der Waals surface area contributed by atoms with Gasteiger partial charge in [-0.05, 0) is 55.5 Å². The third-order valence-electron chi connectivity index (χ3n) is 6.06. The van der Waals surface area contributed by atoms with Crippen LogP contribution >= 0.6 is 0 Å².